The quantitative estimate of drug-likeness (QED) is 0.00938. The van der Waals surface area contributed by atoms with E-state index in [2.05, 4.69) is 115 Å². The van der Waals surface area contributed by atoms with Crippen molar-refractivity contribution in [3.63, 3.8) is 0 Å². The Morgan fingerprint density at radius 3 is 1.01 bits per heavy atom. The Morgan fingerprint density at radius 1 is 0.505 bits per heavy atom. The van der Waals surface area contributed by atoms with Crippen molar-refractivity contribution in [1.82, 2.24) is 0 Å². The fraction of sp³-hybridized carbons (Fsp3) is 0.270. The summed E-state index contributed by atoms with van der Waals surface area (Å²) in [5, 5.41) is 68.6. The number of phenolic OH excluding ortho intramolecular Hbond substituents is 2. The van der Waals surface area contributed by atoms with E-state index in [0.29, 0.717) is 48.7 Å². The van der Waals surface area contributed by atoms with Crippen LogP contribution in [0.5, 0.6) is 34.5 Å². The number of nitrogen functional groups attached to an aromatic ring is 2. The van der Waals surface area contributed by atoms with Gasteiger partial charge in [-0.25, -0.2) is 0 Å². The molecule has 498 valence electrons. The van der Waals surface area contributed by atoms with Gasteiger partial charge < -0.3 is 56.8 Å². The number of ether oxygens (including phenoxy) is 4. The molecule has 8 aromatic carbocycles. The second kappa shape index (κ2) is 47.2. The predicted molar refractivity (Wildman–Crippen MR) is 384 cm³/mol. The van der Waals surface area contributed by atoms with E-state index in [-0.39, 0.29) is 160 Å². The molecule has 0 atom stereocenters. The molecule has 0 aliphatic heterocycles. The van der Waals surface area contributed by atoms with Crippen LogP contribution in [0.15, 0.2) is 146 Å². The Hall–Kier alpha value is -5.86. The minimum Gasteiger partial charge on any atom is -1.00 e. The van der Waals surface area contributed by atoms with E-state index in [0.717, 1.165) is 95.1 Å². The van der Waals surface area contributed by atoms with Crippen LogP contribution >= 0.6 is 15.9 Å². The maximum atomic E-state index is 8.98. The van der Waals surface area contributed by atoms with Crippen molar-refractivity contribution in [2.75, 3.05) is 0 Å². The number of hydrogen-bond donors (Lipinski definition) is 6. The molecule has 0 saturated heterocycles. The van der Waals surface area contributed by atoms with Crippen LogP contribution < -0.4 is 157 Å². The molecule has 8 aromatic rings. The van der Waals surface area contributed by atoms with Gasteiger partial charge in [-0.05, 0) is 226 Å². The molecule has 0 aromatic heterocycles. The van der Waals surface area contributed by atoms with E-state index < -0.39 is 16.5 Å². The number of phenols is 2. The fourth-order valence-electron chi connectivity index (χ4n) is 9.26. The standard InChI is InChI=1S/C25H28N4O2.C25H22N2O2.C9H8BrN.C7H8O2.C6H18NSi2.CH2O3.CH4.2K.Li.H/c1-15-8-18(13-30-22-6-4-20(24(26)27)10-16(22)2)12-19(9-15)14-31-23-7-5-21(25(28)29)11-17(23)3;1-17-8-22(15-28-24-6-4-20(13-26)10-18(24)2)12-23(9-17)16-29-25-7-5-21(14-27)11-19(25)3;1-7-4-8(6-11)2-3-9(7)5-10;1-5-2-6(8)4-7(9)3-5;1-8(2,3)7-9(4,5)6;2-1-4-3;;;;;/h4-12H,13-14H2,1-3H3,(H3,26,27)(H3,28,29);4-12H,15-16H2,1-3H3;2-4H,5H2,1H3;2-4,8-9H,1H3;1-6H3;1,3H;1H4;;;;/q;;;;-1;;;3*+1;-1/p-1. The molecule has 97 heavy (non-hydrogen) atoms. The molecule has 0 aliphatic rings. The molecule has 0 spiro atoms. The number of carbonyl (C=O) groups excluding carboxylic acids is 1. The number of alkyl halides is 1. The number of nitriles is 3. The number of amidine groups is 2. The Kier molecular flexibility index (Phi) is 45.4. The van der Waals surface area contributed by atoms with Gasteiger partial charge in [-0.15, -0.1) is 0 Å². The predicted octanol–water partition coefficient (Wildman–Crippen LogP) is 7.24. The molecular formula is C74H90BrK2LiN8O9Si2. The van der Waals surface area contributed by atoms with Crippen molar-refractivity contribution >= 4 is 50.5 Å². The summed E-state index contributed by atoms with van der Waals surface area (Å²) in [6.07, 6.45) is 0. The van der Waals surface area contributed by atoms with Crippen molar-refractivity contribution in [3.8, 4) is 52.7 Å². The van der Waals surface area contributed by atoms with Gasteiger partial charge in [-0.2, -0.15) is 15.8 Å². The van der Waals surface area contributed by atoms with Crippen LogP contribution in [0.25, 0.3) is 4.65 Å². The van der Waals surface area contributed by atoms with Crippen molar-refractivity contribution in [2.45, 2.75) is 134 Å². The number of nitrogens with zero attached hydrogens (tertiary/aromatic N) is 4. The average molecular weight is 1460 g/mol. The first-order valence-corrected chi connectivity index (χ1v) is 37.4. The smallest absolute Gasteiger partial charge is 1.00 e. The van der Waals surface area contributed by atoms with Gasteiger partial charge in [0.25, 0.3) is 6.47 Å². The number of nitrogens with one attached hydrogen (secondary N) is 2. The summed E-state index contributed by atoms with van der Waals surface area (Å²) in [7, 11) is -2.21. The summed E-state index contributed by atoms with van der Waals surface area (Å²) < 4.78 is 28.7. The van der Waals surface area contributed by atoms with Crippen LogP contribution in [-0.2, 0) is 41.4 Å². The number of rotatable bonds is 18. The first-order valence-electron chi connectivity index (χ1n) is 29.4. The van der Waals surface area contributed by atoms with Crippen LogP contribution in [0.4, 0.5) is 0 Å². The Bertz CT molecular complexity index is 3760. The molecule has 0 amide bonds. The normalized spacial score (nSPS) is 9.82. The molecule has 17 nitrogen and oxygen atoms in total. The van der Waals surface area contributed by atoms with E-state index in [4.69, 9.17) is 81.9 Å². The van der Waals surface area contributed by atoms with Gasteiger partial charge >= 0.3 is 122 Å². The van der Waals surface area contributed by atoms with Gasteiger partial charge in [0.1, 0.15) is 72.6 Å². The van der Waals surface area contributed by atoms with E-state index in [1.54, 1.807) is 43.3 Å². The number of aryl methyl sites for hydroxylation is 8. The third-order valence-corrected chi connectivity index (χ3v) is 18.9. The number of hydrogen-bond acceptors (Lipinski definition) is 14. The van der Waals surface area contributed by atoms with Gasteiger partial charge in [0, 0.05) is 22.5 Å². The van der Waals surface area contributed by atoms with Crippen molar-refractivity contribution in [3.05, 3.63) is 250 Å². The number of halogens is 1. The molecule has 0 radical (unpaired) electrons. The van der Waals surface area contributed by atoms with Crippen LogP contribution in [0.2, 0.25) is 39.3 Å². The monoisotopic (exact) mass is 1450 g/mol. The zero-order chi connectivity index (χ0) is 69.6. The number of carbonyl (C=O) groups is 1. The molecule has 8 N–H and O–H groups in total. The molecule has 23 heteroatoms. The van der Waals surface area contributed by atoms with E-state index >= 15 is 0 Å². The largest absolute Gasteiger partial charge is 1.00 e. The minimum absolute atomic E-state index is 0. The Labute approximate surface area is 684 Å². The van der Waals surface area contributed by atoms with Crippen LogP contribution in [-0.4, -0.2) is 44.8 Å². The van der Waals surface area contributed by atoms with E-state index in [9.17, 15) is 0 Å². The summed E-state index contributed by atoms with van der Waals surface area (Å²) in [4.78, 5) is 11.2. The molecule has 0 aliphatic carbocycles. The fourth-order valence-corrected chi connectivity index (χ4v) is 17.9. The summed E-state index contributed by atoms with van der Waals surface area (Å²) in [5.74, 6) is 3.39. The molecule has 0 heterocycles. The Balaban J connectivity index is -0.00000123. The third kappa shape index (κ3) is 36.7. The minimum atomic E-state index is -1.11. The first kappa shape index (κ1) is 93.2. The topological polar surface area (TPSA) is 312 Å². The molecule has 0 saturated carbocycles. The second-order valence-electron chi connectivity index (χ2n) is 23.8. The average Bonchev–Trinajstić information content (AvgIpc) is 0.870. The van der Waals surface area contributed by atoms with Gasteiger partial charge in [0.2, 0.25) is 0 Å². The van der Waals surface area contributed by atoms with Crippen molar-refractivity contribution < 1.29 is 167 Å². The first-order chi connectivity index (χ1) is 43.8. The molecular weight excluding hydrogens is 1370 g/mol. The van der Waals surface area contributed by atoms with Gasteiger partial charge in [0.05, 0.1) is 34.9 Å². The zero-order valence-electron chi connectivity index (χ0n) is 59.5. The van der Waals surface area contributed by atoms with Crippen LogP contribution in [0, 0.1) is 100 Å². The number of nitrogens with two attached hydrogens (primary N) is 2. The van der Waals surface area contributed by atoms with Crippen LogP contribution in [0.3, 0.4) is 0 Å². The van der Waals surface area contributed by atoms with E-state index in [1.165, 1.54) is 17.2 Å². The van der Waals surface area contributed by atoms with E-state index in [1.807, 2.05) is 115 Å². The van der Waals surface area contributed by atoms with Crippen molar-refractivity contribution in [1.29, 1.82) is 26.6 Å². The van der Waals surface area contributed by atoms with Gasteiger partial charge in [0.15, 0.2) is 0 Å². The molecule has 0 unspecified atom stereocenters. The SMILES string of the molecule is C.C[Si](C)(C)[N-][Si](C)(C)C.Cc1cc(C#N)ccc1CBr.Cc1cc(COc2ccc(C#N)cc2C)cc(COc2ccc(C#N)cc2C)c1.Cc1cc(COc2ccc(C(=N)N)cc2C)cc(COc2ccc(C(=N)N)cc2C)c1.Cc1cc(O)cc(O)c1.O=CO[O-].[H-].[K+].[K+].[Li+]. The maximum absolute atomic E-state index is 8.98. The van der Waals surface area contributed by atoms with Gasteiger partial charge in [-0.1, -0.05) is 121 Å². The summed E-state index contributed by atoms with van der Waals surface area (Å²) in [5.41, 5.74) is 28.0. The Morgan fingerprint density at radius 2 is 0.784 bits per heavy atom. The maximum Gasteiger partial charge on any atom is 1.00 e. The molecule has 0 fully saturated rings. The number of aromatic hydroxyl groups is 2. The van der Waals surface area contributed by atoms with Gasteiger partial charge in [-0.3, -0.25) is 15.6 Å². The van der Waals surface area contributed by atoms with Crippen molar-refractivity contribution in [2.24, 2.45) is 11.5 Å². The molecule has 8 rings (SSSR count). The summed E-state index contributed by atoms with van der Waals surface area (Å²) in [6, 6.07) is 50.9. The van der Waals surface area contributed by atoms with Crippen LogP contribution in [0.1, 0.15) is 109 Å². The third-order valence-electron chi connectivity index (χ3n) is 12.9. The zero-order valence-corrected chi connectivity index (χ0v) is 68.4. The summed E-state index contributed by atoms with van der Waals surface area (Å²) >= 11 is 3.37. The number of benzene rings is 8. The molecule has 0 bridgehead atoms. The second-order valence-corrected chi connectivity index (χ2v) is 34.0. The summed E-state index contributed by atoms with van der Waals surface area (Å²) in [6.45, 7) is 31.0.